The summed E-state index contributed by atoms with van der Waals surface area (Å²) in [4.78, 5) is 25.2. The molecule has 3 aromatic rings. The van der Waals surface area contributed by atoms with Crippen LogP contribution in [-0.4, -0.2) is 40.1 Å². The van der Waals surface area contributed by atoms with Crippen molar-refractivity contribution < 1.29 is 14.3 Å². The van der Waals surface area contributed by atoms with Gasteiger partial charge in [0.2, 0.25) is 0 Å². The van der Waals surface area contributed by atoms with E-state index in [9.17, 15) is 4.79 Å². The molecule has 7 heteroatoms. The summed E-state index contributed by atoms with van der Waals surface area (Å²) in [5.74, 6) is 2.14. The smallest absolute Gasteiger partial charge is 0.270 e. The number of H-pyrrole nitrogens is 1. The number of benzene rings is 1. The Labute approximate surface area is 162 Å². The van der Waals surface area contributed by atoms with Crippen LogP contribution in [0.3, 0.4) is 0 Å². The van der Waals surface area contributed by atoms with Crippen LogP contribution in [0, 0.1) is 0 Å². The highest BCUT2D eigenvalue weighted by Crippen LogP contribution is 2.33. The molecule has 1 aliphatic carbocycles. The van der Waals surface area contributed by atoms with Crippen LogP contribution in [0.15, 0.2) is 36.4 Å². The number of carbonyl (C=O) groups excluding carboxylic acids is 1. The number of nitrogens with zero attached hydrogens (tertiary/aromatic N) is 2. The van der Waals surface area contributed by atoms with Gasteiger partial charge in [-0.1, -0.05) is 18.6 Å². The third-order valence-electron chi connectivity index (χ3n) is 5.44. The zero-order chi connectivity index (χ0) is 18.9. The topological polar surface area (TPSA) is 89.1 Å². The van der Waals surface area contributed by atoms with Gasteiger partial charge in [0.25, 0.3) is 11.8 Å². The SMILES string of the molecule is O=C(N[C@@H]1CCC[C@H](c2nc3ccccc3[nH]2)C1)c1ccc2c(n1)OCCO2. The molecule has 2 atom stereocenters. The van der Waals surface area contributed by atoms with Crippen LogP contribution in [0.25, 0.3) is 11.0 Å². The van der Waals surface area contributed by atoms with Gasteiger partial charge in [0.05, 0.1) is 11.0 Å². The number of imidazole rings is 1. The summed E-state index contributed by atoms with van der Waals surface area (Å²) < 4.78 is 10.9. The molecule has 1 saturated carbocycles. The van der Waals surface area contributed by atoms with Gasteiger partial charge < -0.3 is 19.8 Å². The number of hydrogen-bond donors (Lipinski definition) is 2. The fourth-order valence-electron chi connectivity index (χ4n) is 4.05. The Morgan fingerprint density at radius 1 is 1.07 bits per heavy atom. The Bertz CT molecular complexity index is 983. The average molecular weight is 378 g/mol. The van der Waals surface area contributed by atoms with E-state index in [1.807, 2.05) is 24.3 Å². The minimum Gasteiger partial charge on any atom is -0.484 e. The van der Waals surface area contributed by atoms with Crippen molar-refractivity contribution in [2.45, 2.75) is 37.6 Å². The van der Waals surface area contributed by atoms with Crippen LogP contribution in [0.5, 0.6) is 11.6 Å². The van der Waals surface area contributed by atoms with Crippen LogP contribution in [0.1, 0.15) is 47.9 Å². The molecular formula is C21H22N4O3. The number of para-hydroxylation sites is 2. The molecule has 0 radical (unpaired) electrons. The predicted molar refractivity (Wildman–Crippen MR) is 104 cm³/mol. The molecule has 1 aromatic carbocycles. The molecule has 2 N–H and O–H groups in total. The van der Waals surface area contributed by atoms with E-state index in [2.05, 4.69) is 15.3 Å². The lowest BCUT2D eigenvalue weighted by Crippen LogP contribution is -2.38. The molecule has 0 saturated heterocycles. The molecule has 2 aliphatic rings. The predicted octanol–water partition coefficient (Wildman–Crippen LogP) is 3.19. The molecule has 1 amide bonds. The fraction of sp³-hybridized carbons (Fsp3) is 0.381. The number of ether oxygens (including phenoxy) is 2. The van der Waals surface area contributed by atoms with Gasteiger partial charge in [0.15, 0.2) is 5.75 Å². The first-order valence-electron chi connectivity index (χ1n) is 9.78. The van der Waals surface area contributed by atoms with Crippen LogP contribution in [0.2, 0.25) is 0 Å². The average Bonchev–Trinajstić information content (AvgIpc) is 3.18. The summed E-state index contributed by atoms with van der Waals surface area (Å²) >= 11 is 0. The summed E-state index contributed by atoms with van der Waals surface area (Å²) in [5, 5.41) is 3.14. The molecule has 0 unspecified atom stereocenters. The molecule has 28 heavy (non-hydrogen) atoms. The van der Waals surface area contributed by atoms with E-state index in [1.165, 1.54) is 0 Å². The molecule has 1 fully saturated rings. The summed E-state index contributed by atoms with van der Waals surface area (Å²) in [6.45, 7) is 0.957. The number of nitrogens with one attached hydrogen (secondary N) is 2. The minimum absolute atomic E-state index is 0.106. The molecule has 3 heterocycles. The maximum absolute atomic E-state index is 12.7. The van der Waals surface area contributed by atoms with E-state index in [0.29, 0.717) is 36.5 Å². The van der Waals surface area contributed by atoms with Crippen LogP contribution in [-0.2, 0) is 0 Å². The van der Waals surface area contributed by atoms with Gasteiger partial charge in [0.1, 0.15) is 24.7 Å². The number of hydrogen-bond acceptors (Lipinski definition) is 5. The van der Waals surface area contributed by atoms with Crippen molar-refractivity contribution in [3.63, 3.8) is 0 Å². The Morgan fingerprint density at radius 3 is 2.89 bits per heavy atom. The summed E-state index contributed by atoms with van der Waals surface area (Å²) in [6.07, 6.45) is 3.97. The Kier molecular flexibility index (Phi) is 4.35. The highest BCUT2D eigenvalue weighted by Gasteiger charge is 2.27. The van der Waals surface area contributed by atoms with Gasteiger partial charge in [-0.3, -0.25) is 4.79 Å². The van der Waals surface area contributed by atoms with Crippen LogP contribution in [0.4, 0.5) is 0 Å². The third-order valence-corrected chi connectivity index (χ3v) is 5.44. The van der Waals surface area contributed by atoms with E-state index < -0.39 is 0 Å². The second kappa shape index (κ2) is 7.14. The van der Waals surface area contributed by atoms with Crippen molar-refractivity contribution in [1.82, 2.24) is 20.3 Å². The summed E-state index contributed by atoms with van der Waals surface area (Å²) in [6, 6.07) is 11.6. The summed E-state index contributed by atoms with van der Waals surface area (Å²) in [5.41, 5.74) is 2.41. The number of aromatic amines is 1. The van der Waals surface area contributed by atoms with Crippen molar-refractivity contribution in [3.8, 4) is 11.6 Å². The molecule has 2 aromatic heterocycles. The highest BCUT2D eigenvalue weighted by atomic mass is 16.6. The van der Waals surface area contributed by atoms with Gasteiger partial charge in [-0.05, 0) is 43.5 Å². The van der Waals surface area contributed by atoms with E-state index in [4.69, 9.17) is 14.5 Å². The van der Waals surface area contributed by atoms with Crippen molar-refractivity contribution in [3.05, 3.63) is 47.9 Å². The number of aromatic nitrogens is 3. The molecule has 0 spiro atoms. The number of rotatable bonds is 3. The Balaban J connectivity index is 1.28. The number of amides is 1. The van der Waals surface area contributed by atoms with Crippen LogP contribution < -0.4 is 14.8 Å². The Hall–Kier alpha value is -3.09. The van der Waals surface area contributed by atoms with Gasteiger partial charge >= 0.3 is 0 Å². The van der Waals surface area contributed by atoms with Crippen molar-refractivity contribution in [2.75, 3.05) is 13.2 Å². The largest absolute Gasteiger partial charge is 0.484 e. The maximum Gasteiger partial charge on any atom is 0.270 e. The standard InChI is InChI=1S/C21H22N4O3/c26-20(17-8-9-18-21(25-17)28-11-10-27-18)22-14-5-3-4-13(12-14)19-23-15-6-1-2-7-16(15)24-19/h1-2,6-9,13-14H,3-5,10-12H2,(H,22,26)(H,23,24)/t13-,14+/m0/s1. The van der Waals surface area contributed by atoms with Crippen molar-refractivity contribution in [2.24, 2.45) is 0 Å². The lowest BCUT2D eigenvalue weighted by molar-refractivity contribution is 0.0916. The van der Waals surface area contributed by atoms with E-state index in [1.54, 1.807) is 12.1 Å². The first-order valence-corrected chi connectivity index (χ1v) is 9.78. The number of pyridine rings is 1. The maximum atomic E-state index is 12.7. The second-order valence-corrected chi connectivity index (χ2v) is 7.37. The molecule has 0 bridgehead atoms. The zero-order valence-electron chi connectivity index (χ0n) is 15.5. The quantitative estimate of drug-likeness (QED) is 0.731. The molecule has 144 valence electrons. The van der Waals surface area contributed by atoms with Crippen LogP contribution >= 0.6 is 0 Å². The summed E-state index contributed by atoms with van der Waals surface area (Å²) in [7, 11) is 0. The van der Waals surface area contributed by atoms with E-state index in [-0.39, 0.29) is 11.9 Å². The number of fused-ring (bicyclic) bond motifs is 2. The zero-order valence-corrected chi connectivity index (χ0v) is 15.5. The molecule has 1 aliphatic heterocycles. The normalized spacial score (nSPS) is 21.4. The lowest BCUT2D eigenvalue weighted by Gasteiger charge is -2.28. The van der Waals surface area contributed by atoms with Gasteiger partial charge in [-0.15, -0.1) is 0 Å². The minimum atomic E-state index is -0.174. The molecule has 5 rings (SSSR count). The van der Waals surface area contributed by atoms with Gasteiger partial charge in [-0.2, -0.15) is 0 Å². The third kappa shape index (κ3) is 3.28. The van der Waals surface area contributed by atoms with Gasteiger partial charge in [-0.25, -0.2) is 9.97 Å². The van der Waals surface area contributed by atoms with E-state index >= 15 is 0 Å². The first kappa shape index (κ1) is 17.0. The van der Waals surface area contributed by atoms with Crippen molar-refractivity contribution in [1.29, 1.82) is 0 Å². The second-order valence-electron chi connectivity index (χ2n) is 7.37. The molecule has 7 nitrogen and oxygen atoms in total. The fourth-order valence-corrected chi connectivity index (χ4v) is 4.05. The number of carbonyl (C=O) groups is 1. The van der Waals surface area contributed by atoms with Crippen molar-refractivity contribution >= 4 is 16.9 Å². The van der Waals surface area contributed by atoms with Gasteiger partial charge in [0, 0.05) is 12.0 Å². The monoisotopic (exact) mass is 378 g/mol. The highest BCUT2D eigenvalue weighted by molar-refractivity contribution is 5.92. The lowest BCUT2D eigenvalue weighted by atomic mass is 9.85. The first-order chi connectivity index (χ1) is 13.8. The molecular weight excluding hydrogens is 356 g/mol. The Morgan fingerprint density at radius 2 is 1.96 bits per heavy atom. The van der Waals surface area contributed by atoms with E-state index in [0.717, 1.165) is 42.5 Å².